The van der Waals surface area contributed by atoms with Crippen molar-refractivity contribution in [3.8, 4) is 0 Å². The lowest BCUT2D eigenvalue weighted by atomic mass is 9.93. The van der Waals surface area contributed by atoms with Gasteiger partial charge in [0.2, 0.25) is 0 Å². The van der Waals surface area contributed by atoms with Crippen molar-refractivity contribution in [1.82, 2.24) is 4.90 Å². The van der Waals surface area contributed by atoms with E-state index in [4.69, 9.17) is 0 Å². The summed E-state index contributed by atoms with van der Waals surface area (Å²) in [5.74, 6) is -0.318. The molecule has 1 amide bonds. The summed E-state index contributed by atoms with van der Waals surface area (Å²) in [7, 11) is 1.84. The first-order valence-corrected chi connectivity index (χ1v) is 7.59. The van der Waals surface area contributed by atoms with E-state index in [2.05, 4.69) is 15.9 Å². The minimum Gasteiger partial charge on any atom is -0.338 e. The van der Waals surface area contributed by atoms with E-state index in [1.165, 1.54) is 18.6 Å². The summed E-state index contributed by atoms with van der Waals surface area (Å²) in [6.45, 7) is 1.77. The molecule has 1 saturated carbocycles. The molecule has 1 aromatic rings. The van der Waals surface area contributed by atoms with Gasteiger partial charge in [-0.2, -0.15) is 0 Å². The smallest absolute Gasteiger partial charge is 0.254 e. The minimum absolute atomic E-state index is 0.0196. The third kappa shape index (κ3) is 3.16. The number of aryl methyl sites for hydroxylation is 1. The van der Waals surface area contributed by atoms with Crippen LogP contribution in [0.25, 0.3) is 0 Å². The number of benzene rings is 1. The van der Waals surface area contributed by atoms with E-state index in [9.17, 15) is 9.18 Å². The average molecular weight is 328 g/mol. The van der Waals surface area contributed by atoms with Gasteiger partial charge in [0, 0.05) is 23.5 Å². The van der Waals surface area contributed by atoms with Crippen molar-refractivity contribution >= 4 is 21.8 Å². The standard InChI is InChI=1S/C15H19BrFNO/c1-10-9-11(17)7-8-12(10)15(19)18(2)14-6-4-3-5-13(14)16/h7-9,13-14H,3-6H2,1-2H3. The highest BCUT2D eigenvalue weighted by Crippen LogP contribution is 2.29. The van der Waals surface area contributed by atoms with E-state index in [0.29, 0.717) is 16.0 Å². The van der Waals surface area contributed by atoms with Gasteiger partial charge in [-0.1, -0.05) is 28.8 Å². The summed E-state index contributed by atoms with van der Waals surface area (Å²) >= 11 is 3.67. The molecule has 0 saturated heterocycles. The molecule has 1 aromatic carbocycles. The van der Waals surface area contributed by atoms with E-state index in [-0.39, 0.29) is 17.8 Å². The van der Waals surface area contributed by atoms with Gasteiger partial charge in [-0.3, -0.25) is 4.79 Å². The van der Waals surface area contributed by atoms with E-state index < -0.39 is 0 Å². The maximum absolute atomic E-state index is 13.1. The van der Waals surface area contributed by atoms with E-state index in [0.717, 1.165) is 19.3 Å². The number of hydrogen-bond donors (Lipinski definition) is 0. The Kier molecular flexibility index (Phi) is 4.61. The normalized spacial score (nSPS) is 23.2. The van der Waals surface area contributed by atoms with Crippen molar-refractivity contribution < 1.29 is 9.18 Å². The van der Waals surface area contributed by atoms with Gasteiger partial charge in [-0.25, -0.2) is 4.39 Å². The first-order valence-electron chi connectivity index (χ1n) is 6.68. The molecule has 1 aliphatic carbocycles. The Morgan fingerprint density at radius 1 is 1.37 bits per heavy atom. The topological polar surface area (TPSA) is 20.3 Å². The zero-order chi connectivity index (χ0) is 14.0. The molecule has 104 valence electrons. The monoisotopic (exact) mass is 327 g/mol. The number of hydrogen-bond acceptors (Lipinski definition) is 1. The summed E-state index contributed by atoms with van der Waals surface area (Å²) in [4.78, 5) is 14.7. The molecule has 4 heteroatoms. The van der Waals surface area contributed by atoms with Gasteiger partial charge < -0.3 is 4.90 Å². The third-order valence-corrected chi connectivity index (χ3v) is 4.95. The fourth-order valence-corrected chi connectivity index (χ4v) is 3.65. The molecule has 2 rings (SSSR count). The summed E-state index contributed by atoms with van der Waals surface area (Å²) in [5, 5.41) is 0. The van der Waals surface area contributed by atoms with Crippen molar-refractivity contribution in [1.29, 1.82) is 0 Å². The summed E-state index contributed by atoms with van der Waals surface area (Å²) < 4.78 is 13.1. The lowest BCUT2D eigenvalue weighted by molar-refractivity contribution is 0.0704. The van der Waals surface area contributed by atoms with Gasteiger partial charge in [0.1, 0.15) is 5.82 Å². The van der Waals surface area contributed by atoms with Crippen LogP contribution in [-0.4, -0.2) is 28.7 Å². The largest absolute Gasteiger partial charge is 0.338 e. The first kappa shape index (κ1) is 14.5. The van der Waals surface area contributed by atoms with E-state index >= 15 is 0 Å². The Morgan fingerprint density at radius 2 is 2.05 bits per heavy atom. The lowest BCUT2D eigenvalue weighted by Gasteiger charge is -2.35. The molecule has 1 fully saturated rings. The SMILES string of the molecule is Cc1cc(F)ccc1C(=O)N(C)C1CCCCC1Br. The fraction of sp³-hybridized carbons (Fsp3) is 0.533. The molecule has 0 radical (unpaired) electrons. The number of halogens is 2. The van der Waals surface area contributed by atoms with Gasteiger partial charge >= 0.3 is 0 Å². The van der Waals surface area contributed by atoms with Crippen LogP contribution in [0.4, 0.5) is 4.39 Å². The first-order chi connectivity index (χ1) is 9.00. The van der Waals surface area contributed by atoms with Crippen LogP contribution in [0.2, 0.25) is 0 Å². The summed E-state index contributed by atoms with van der Waals surface area (Å²) in [6, 6.07) is 4.56. The van der Waals surface area contributed by atoms with Crippen LogP contribution in [0.15, 0.2) is 18.2 Å². The number of rotatable bonds is 2. The highest BCUT2D eigenvalue weighted by atomic mass is 79.9. The van der Waals surface area contributed by atoms with Gasteiger partial charge in [0.25, 0.3) is 5.91 Å². The maximum Gasteiger partial charge on any atom is 0.254 e. The summed E-state index contributed by atoms with van der Waals surface area (Å²) in [6.07, 6.45) is 4.50. The number of alkyl halides is 1. The second-order valence-corrected chi connectivity index (χ2v) is 6.42. The van der Waals surface area contributed by atoms with Crippen molar-refractivity contribution in [3.63, 3.8) is 0 Å². The highest BCUT2D eigenvalue weighted by Gasteiger charge is 2.29. The Bertz CT molecular complexity index is 477. The minimum atomic E-state index is -0.298. The van der Waals surface area contributed by atoms with Gasteiger partial charge in [-0.05, 0) is 43.5 Å². The van der Waals surface area contributed by atoms with Gasteiger partial charge in [-0.15, -0.1) is 0 Å². The quantitative estimate of drug-likeness (QED) is 0.754. The van der Waals surface area contributed by atoms with Crippen LogP contribution >= 0.6 is 15.9 Å². The zero-order valence-electron chi connectivity index (χ0n) is 11.3. The maximum atomic E-state index is 13.1. The summed E-state index contributed by atoms with van der Waals surface area (Å²) in [5.41, 5.74) is 1.29. The predicted molar refractivity (Wildman–Crippen MR) is 78.2 cm³/mol. The Balaban J connectivity index is 2.18. The van der Waals surface area contributed by atoms with Crippen molar-refractivity contribution in [3.05, 3.63) is 35.1 Å². The van der Waals surface area contributed by atoms with Gasteiger partial charge in [0.15, 0.2) is 0 Å². The second-order valence-electron chi connectivity index (χ2n) is 5.24. The average Bonchev–Trinajstić information content (AvgIpc) is 2.38. The van der Waals surface area contributed by atoms with Crippen LogP contribution in [0, 0.1) is 12.7 Å². The lowest BCUT2D eigenvalue weighted by Crippen LogP contribution is -2.44. The molecule has 2 nitrogen and oxygen atoms in total. The number of amides is 1. The fourth-order valence-electron chi connectivity index (χ4n) is 2.71. The van der Waals surface area contributed by atoms with E-state index in [1.54, 1.807) is 17.9 Å². The molecular weight excluding hydrogens is 309 g/mol. The molecule has 0 aromatic heterocycles. The molecule has 0 heterocycles. The van der Waals surface area contributed by atoms with Crippen molar-refractivity contribution in [2.75, 3.05) is 7.05 Å². The van der Waals surface area contributed by atoms with Crippen LogP contribution in [0.5, 0.6) is 0 Å². The van der Waals surface area contributed by atoms with E-state index in [1.807, 2.05) is 7.05 Å². The molecule has 2 atom stereocenters. The van der Waals surface area contributed by atoms with Crippen molar-refractivity contribution in [2.45, 2.75) is 43.5 Å². The zero-order valence-corrected chi connectivity index (χ0v) is 12.9. The predicted octanol–water partition coefficient (Wildman–Crippen LogP) is 3.91. The van der Waals surface area contributed by atoms with Gasteiger partial charge in [0.05, 0.1) is 0 Å². The molecule has 0 bridgehead atoms. The molecule has 1 aliphatic rings. The Labute approximate surface area is 122 Å². The Hall–Kier alpha value is -0.900. The highest BCUT2D eigenvalue weighted by molar-refractivity contribution is 9.09. The molecule has 0 aliphatic heterocycles. The molecule has 0 spiro atoms. The van der Waals surface area contributed by atoms with Crippen LogP contribution in [-0.2, 0) is 0 Å². The van der Waals surface area contributed by atoms with Crippen LogP contribution in [0.1, 0.15) is 41.6 Å². The number of carbonyl (C=O) groups is 1. The number of nitrogens with zero attached hydrogens (tertiary/aromatic N) is 1. The van der Waals surface area contributed by atoms with Crippen LogP contribution in [0.3, 0.4) is 0 Å². The Morgan fingerprint density at radius 3 is 2.68 bits per heavy atom. The van der Waals surface area contributed by atoms with Crippen molar-refractivity contribution in [2.24, 2.45) is 0 Å². The number of carbonyl (C=O) groups excluding carboxylic acids is 1. The third-order valence-electron chi connectivity index (χ3n) is 3.88. The molecule has 19 heavy (non-hydrogen) atoms. The van der Waals surface area contributed by atoms with Crippen LogP contribution < -0.4 is 0 Å². The molecular formula is C15H19BrFNO. The second kappa shape index (κ2) is 6.04. The molecule has 0 N–H and O–H groups in total. The molecule has 2 unspecified atom stereocenters.